The number of aryl methyl sites for hydroxylation is 1. The van der Waals surface area contributed by atoms with Crippen LogP contribution >= 0.6 is 0 Å². The summed E-state index contributed by atoms with van der Waals surface area (Å²) in [6, 6.07) is 8.72. The largest absolute Gasteiger partial charge is 0.464 e. The summed E-state index contributed by atoms with van der Waals surface area (Å²) >= 11 is 0. The molecule has 0 aliphatic rings. The second kappa shape index (κ2) is 3.98. The molecule has 0 atom stereocenters. The van der Waals surface area contributed by atoms with E-state index in [9.17, 15) is 9.59 Å². The lowest BCUT2D eigenvalue weighted by molar-refractivity contribution is 0.0590. The molecule has 0 saturated carbocycles. The molecule has 1 aromatic carbocycles. The highest BCUT2D eigenvalue weighted by molar-refractivity contribution is 6.06. The number of esters is 1. The van der Waals surface area contributed by atoms with E-state index in [0.717, 1.165) is 5.39 Å². The Balaban J connectivity index is 2.54. The Bertz CT molecular complexity index is 857. The number of aromatic nitrogens is 1. The number of methoxy groups -OCH3 is 1. The zero-order valence-corrected chi connectivity index (χ0v) is 10.5. The molecule has 0 spiro atoms. The van der Waals surface area contributed by atoms with E-state index in [0.29, 0.717) is 22.2 Å². The fraction of sp³-hybridized carbons (Fsp3) is 0.143. The van der Waals surface area contributed by atoms with Crippen LogP contribution in [0.15, 0.2) is 39.5 Å². The number of para-hydroxylation sites is 1. The van der Waals surface area contributed by atoms with E-state index >= 15 is 0 Å². The van der Waals surface area contributed by atoms with Crippen molar-refractivity contribution in [2.75, 3.05) is 7.11 Å². The molecule has 3 aromatic rings. The number of hydrogen-bond acceptors (Lipinski definition) is 4. The van der Waals surface area contributed by atoms with E-state index in [-0.39, 0.29) is 0 Å². The number of rotatable bonds is 1. The van der Waals surface area contributed by atoms with Crippen LogP contribution < -0.4 is 5.63 Å². The topological polar surface area (TPSA) is 61.4 Å². The van der Waals surface area contributed by atoms with Crippen LogP contribution in [0.25, 0.3) is 21.9 Å². The highest BCUT2D eigenvalue weighted by atomic mass is 16.5. The van der Waals surface area contributed by atoms with Crippen molar-refractivity contribution in [3.63, 3.8) is 0 Å². The first-order valence-corrected chi connectivity index (χ1v) is 5.73. The second-order valence-corrected chi connectivity index (χ2v) is 4.23. The number of nitrogens with zero attached hydrogens (tertiary/aromatic N) is 1. The number of fused-ring (bicyclic) bond motifs is 3. The lowest BCUT2D eigenvalue weighted by atomic mass is 10.2. The van der Waals surface area contributed by atoms with E-state index in [1.165, 1.54) is 13.2 Å². The second-order valence-electron chi connectivity index (χ2n) is 4.23. The maximum Gasteiger partial charge on any atom is 0.354 e. The van der Waals surface area contributed by atoms with Crippen LogP contribution in [0, 0.1) is 0 Å². The zero-order valence-electron chi connectivity index (χ0n) is 10.5. The van der Waals surface area contributed by atoms with Crippen molar-refractivity contribution in [2.45, 2.75) is 0 Å². The van der Waals surface area contributed by atoms with Gasteiger partial charge in [-0.3, -0.25) is 0 Å². The molecule has 0 aliphatic heterocycles. The predicted octanol–water partition coefficient (Wildman–Crippen LogP) is 2.07. The lowest BCUT2D eigenvalue weighted by Gasteiger charge is -2.03. The highest BCUT2D eigenvalue weighted by Gasteiger charge is 2.18. The van der Waals surface area contributed by atoms with Crippen LogP contribution in [0.4, 0.5) is 0 Å². The van der Waals surface area contributed by atoms with Gasteiger partial charge in [-0.15, -0.1) is 0 Å². The Kier molecular flexibility index (Phi) is 2.41. The molecule has 3 rings (SSSR count). The summed E-state index contributed by atoms with van der Waals surface area (Å²) in [5, 5.41) is 1.16. The monoisotopic (exact) mass is 257 g/mol. The van der Waals surface area contributed by atoms with Gasteiger partial charge < -0.3 is 13.7 Å². The minimum absolute atomic E-state index is 0.321. The molecule has 96 valence electrons. The summed E-state index contributed by atoms with van der Waals surface area (Å²) in [4.78, 5) is 23.6. The molecule has 0 bridgehead atoms. The Labute approximate surface area is 108 Å². The molecule has 0 saturated heterocycles. The Morgan fingerprint density at radius 2 is 2.00 bits per heavy atom. The van der Waals surface area contributed by atoms with Crippen LogP contribution in [0.3, 0.4) is 0 Å². The first-order valence-electron chi connectivity index (χ1n) is 5.73. The van der Waals surface area contributed by atoms with E-state index in [2.05, 4.69) is 0 Å². The number of carbonyl (C=O) groups is 1. The van der Waals surface area contributed by atoms with E-state index < -0.39 is 11.6 Å². The van der Waals surface area contributed by atoms with E-state index in [4.69, 9.17) is 9.15 Å². The molecule has 0 aliphatic carbocycles. The van der Waals surface area contributed by atoms with Crippen molar-refractivity contribution in [1.82, 2.24) is 4.57 Å². The standard InChI is InChI=1S/C14H11NO4/c1-15-10(14(17)18-2)7-9-12(15)8-5-3-4-6-11(8)19-13(9)16/h3-7H,1-2H3. The minimum atomic E-state index is -0.484. The molecule has 0 fully saturated rings. The van der Waals surface area contributed by atoms with Gasteiger partial charge in [-0.1, -0.05) is 12.1 Å². The molecular formula is C14H11NO4. The molecule has 5 nitrogen and oxygen atoms in total. The molecule has 0 N–H and O–H groups in total. The molecule has 5 heteroatoms. The predicted molar refractivity (Wildman–Crippen MR) is 70.3 cm³/mol. The van der Waals surface area contributed by atoms with Gasteiger partial charge in [0.1, 0.15) is 11.3 Å². The van der Waals surface area contributed by atoms with Crippen molar-refractivity contribution >= 4 is 27.8 Å². The fourth-order valence-electron chi connectivity index (χ4n) is 2.29. The smallest absolute Gasteiger partial charge is 0.354 e. The first kappa shape index (κ1) is 11.5. The summed E-state index contributed by atoms with van der Waals surface area (Å²) in [7, 11) is 3.03. The van der Waals surface area contributed by atoms with Gasteiger partial charge in [-0.2, -0.15) is 0 Å². The minimum Gasteiger partial charge on any atom is -0.464 e. The molecule has 2 aromatic heterocycles. The van der Waals surface area contributed by atoms with Gasteiger partial charge in [0, 0.05) is 12.4 Å². The average molecular weight is 257 g/mol. The Morgan fingerprint density at radius 3 is 2.74 bits per heavy atom. The van der Waals surface area contributed by atoms with Crippen LogP contribution in [0.2, 0.25) is 0 Å². The number of hydrogen-bond donors (Lipinski definition) is 0. The first-order chi connectivity index (χ1) is 9.13. The third-order valence-corrected chi connectivity index (χ3v) is 3.19. The number of carbonyl (C=O) groups excluding carboxylic acids is 1. The third kappa shape index (κ3) is 1.55. The Morgan fingerprint density at radius 1 is 1.26 bits per heavy atom. The quantitative estimate of drug-likeness (QED) is 0.494. The highest BCUT2D eigenvalue weighted by Crippen LogP contribution is 2.25. The summed E-state index contributed by atoms with van der Waals surface area (Å²) in [5.41, 5.74) is 1.03. The van der Waals surface area contributed by atoms with Crippen molar-refractivity contribution in [2.24, 2.45) is 7.05 Å². The van der Waals surface area contributed by atoms with Gasteiger partial charge in [0.25, 0.3) is 0 Å². The fourth-order valence-corrected chi connectivity index (χ4v) is 2.29. The van der Waals surface area contributed by atoms with Crippen molar-refractivity contribution in [1.29, 1.82) is 0 Å². The van der Waals surface area contributed by atoms with Crippen LogP contribution in [0.5, 0.6) is 0 Å². The van der Waals surface area contributed by atoms with Gasteiger partial charge >= 0.3 is 11.6 Å². The summed E-state index contributed by atoms with van der Waals surface area (Å²) in [6.07, 6.45) is 0. The van der Waals surface area contributed by atoms with E-state index in [1.54, 1.807) is 23.7 Å². The van der Waals surface area contributed by atoms with Gasteiger partial charge in [-0.05, 0) is 18.2 Å². The normalized spacial score (nSPS) is 11.1. The van der Waals surface area contributed by atoms with Gasteiger partial charge in [0.2, 0.25) is 0 Å². The molecule has 2 heterocycles. The average Bonchev–Trinajstić information content (AvgIpc) is 2.77. The number of ether oxygens (including phenoxy) is 1. The molecule has 19 heavy (non-hydrogen) atoms. The maximum absolute atomic E-state index is 11.9. The SMILES string of the molecule is COC(=O)c1cc2c(=O)oc3ccccc3c2n1C. The molecule has 0 amide bonds. The summed E-state index contributed by atoms with van der Waals surface area (Å²) < 4.78 is 11.6. The van der Waals surface area contributed by atoms with Gasteiger partial charge in [0.15, 0.2) is 0 Å². The summed E-state index contributed by atoms with van der Waals surface area (Å²) in [5.74, 6) is -0.484. The summed E-state index contributed by atoms with van der Waals surface area (Å²) in [6.45, 7) is 0. The lowest BCUT2D eigenvalue weighted by Crippen LogP contribution is -2.07. The van der Waals surface area contributed by atoms with Gasteiger partial charge in [-0.25, -0.2) is 9.59 Å². The molecular weight excluding hydrogens is 246 g/mol. The van der Waals surface area contributed by atoms with Crippen molar-refractivity contribution in [3.8, 4) is 0 Å². The van der Waals surface area contributed by atoms with Gasteiger partial charge in [0.05, 0.1) is 18.0 Å². The Hall–Kier alpha value is -2.56. The van der Waals surface area contributed by atoms with Crippen molar-refractivity contribution < 1.29 is 13.9 Å². The maximum atomic E-state index is 11.9. The van der Waals surface area contributed by atoms with Crippen LogP contribution in [-0.2, 0) is 11.8 Å². The van der Waals surface area contributed by atoms with Crippen LogP contribution in [-0.4, -0.2) is 17.6 Å². The van der Waals surface area contributed by atoms with Crippen molar-refractivity contribution in [3.05, 3.63) is 46.4 Å². The zero-order chi connectivity index (χ0) is 13.6. The number of benzene rings is 1. The molecule has 0 unspecified atom stereocenters. The van der Waals surface area contributed by atoms with Crippen LogP contribution in [0.1, 0.15) is 10.5 Å². The third-order valence-electron chi connectivity index (χ3n) is 3.19. The molecule has 0 radical (unpaired) electrons. The van der Waals surface area contributed by atoms with E-state index in [1.807, 2.05) is 12.1 Å².